The Hall–Kier alpha value is -3.05. The zero-order valence-electron chi connectivity index (χ0n) is 21.7. The molecule has 3 aromatic rings. The maximum atomic E-state index is 13.4. The smallest absolute Gasteiger partial charge is 0.254 e. The van der Waals surface area contributed by atoms with Gasteiger partial charge in [0.15, 0.2) is 11.5 Å². The Morgan fingerprint density at radius 2 is 1.72 bits per heavy atom. The van der Waals surface area contributed by atoms with Crippen molar-refractivity contribution in [2.75, 3.05) is 46.9 Å². The first kappa shape index (κ1) is 24.6. The molecule has 3 aromatic carbocycles. The molecule has 0 aromatic heterocycles. The molecule has 0 aliphatic carbocycles. The summed E-state index contributed by atoms with van der Waals surface area (Å²) in [5, 5.41) is 2.69. The summed E-state index contributed by atoms with van der Waals surface area (Å²) in [6.07, 6.45) is 6.90. The van der Waals surface area contributed by atoms with E-state index in [4.69, 9.17) is 9.47 Å². The lowest BCUT2D eigenvalue weighted by atomic mass is 9.93. The number of ether oxygens (including phenoxy) is 2. The van der Waals surface area contributed by atoms with Crippen molar-refractivity contribution in [1.82, 2.24) is 9.80 Å². The van der Waals surface area contributed by atoms with Crippen molar-refractivity contribution in [2.24, 2.45) is 5.92 Å². The van der Waals surface area contributed by atoms with Gasteiger partial charge in [-0.25, -0.2) is 0 Å². The maximum absolute atomic E-state index is 13.4. The number of benzene rings is 3. The van der Waals surface area contributed by atoms with Gasteiger partial charge in [-0.15, -0.1) is 0 Å². The van der Waals surface area contributed by atoms with Crippen molar-refractivity contribution >= 4 is 16.7 Å². The molecule has 0 bridgehead atoms. The van der Waals surface area contributed by atoms with Crippen molar-refractivity contribution in [3.8, 4) is 11.5 Å². The second-order valence-electron chi connectivity index (χ2n) is 10.3. The van der Waals surface area contributed by atoms with Crippen molar-refractivity contribution < 1.29 is 14.3 Å². The highest BCUT2D eigenvalue weighted by Crippen LogP contribution is 2.33. The van der Waals surface area contributed by atoms with Gasteiger partial charge < -0.3 is 19.3 Å². The number of hydrogen-bond acceptors (Lipinski definition) is 4. The zero-order valence-corrected chi connectivity index (χ0v) is 21.7. The molecule has 190 valence electrons. The van der Waals surface area contributed by atoms with Gasteiger partial charge in [-0.05, 0) is 72.2 Å². The minimum atomic E-state index is 0.126. The summed E-state index contributed by atoms with van der Waals surface area (Å²) in [6.45, 7) is 4.88. The van der Waals surface area contributed by atoms with E-state index < -0.39 is 0 Å². The summed E-state index contributed by atoms with van der Waals surface area (Å²) in [6, 6.07) is 19.2. The average Bonchev–Trinajstić information content (AvgIpc) is 2.90. The lowest BCUT2D eigenvalue weighted by Gasteiger charge is -2.35. The molecule has 5 heteroatoms. The van der Waals surface area contributed by atoms with E-state index in [9.17, 15) is 4.79 Å². The second kappa shape index (κ2) is 11.3. The van der Waals surface area contributed by atoms with E-state index in [1.807, 2.05) is 12.1 Å². The van der Waals surface area contributed by atoms with Crippen molar-refractivity contribution in [3.63, 3.8) is 0 Å². The normalized spacial score (nSPS) is 19.0. The van der Waals surface area contributed by atoms with E-state index in [0.717, 1.165) is 56.7 Å². The van der Waals surface area contributed by atoms with Gasteiger partial charge in [0.05, 0.1) is 14.2 Å². The summed E-state index contributed by atoms with van der Waals surface area (Å²) in [7, 11) is 3.26. The Morgan fingerprint density at radius 1 is 0.917 bits per heavy atom. The Morgan fingerprint density at radius 3 is 2.58 bits per heavy atom. The quantitative estimate of drug-likeness (QED) is 0.437. The fraction of sp³-hybridized carbons (Fsp3) is 0.452. The monoisotopic (exact) mass is 486 g/mol. The van der Waals surface area contributed by atoms with Crippen LogP contribution in [0.3, 0.4) is 0 Å². The molecule has 0 N–H and O–H groups in total. The third kappa shape index (κ3) is 5.36. The Labute approximate surface area is 215 Å². The van der Waals surface area contributed by atoms with Gasteiger partial charge in [-0.1, -0.05) is 55.3 Å². The summed E-state index contributed by atoms with van der Waals surface area (Å²) in [5.74, 6) is 1.95. The van der Waals surface area contributed by atoms with E-state index in [-0.39, 0.29) is 5.91 Å². The number of methoxy groups -OCH3 is 2. The van der Waals surface area contributed by atoms with Gasteiger partial charge in [0, 0.05) is 31.7 Å². The minimum Gasteiger partial charge on any atom is -0.493 e. The lowest BCUT2D eigenvalue weighted by Crippen LogP contribution is -2.44. The van der Waals surface area contributed by atoms with Gasteiger partial charge >= 0.3 is 0 Å². The van der Waals surface area contributed by atoms with Gasteiger partial charge in [0.2, 0.25) is 0 Å². The van der Waals surface area contributed by atoms with Crippen LogP contribution in [0.25, 0.3) is 10.8 Å². The molecule has 0 saturated carbocycles. The van der Waals surface area contributed by atoms with Crippen molar-refractivity contribution in [1.29, 1.82) is 0 Å². The highest BCUT2D eigenvalue weighted by Gasteiger charge is 2.29. The predicted molar refractivity (Wildman–Crippen MR) is 145 cm³/mol. The molecule has 1 saturated heterocycles. The van der Waals surface area contributed by atoms with E-state index in [2.05, 4.69) is 52.3 Å². The zero-order chi connectivity index (χ0) is 24.9. The molecule has 1 unspecified atom stereocenters. The molecule has 2 heterocycles. The van der Waals surface area contributed by atoms with Crippen LogP contribution in [0.15, 0.2) is 54.6 Å². The fourth-order valence-corrected chi connectivity index (χ4v) is 5.97. The molecular weight excluding hydrogens is 448 g/mol. The summed E-state index contributed by atoms with van der Waals surface area (Å²) in [4.78, 5) is 18.2. The first-order chi connectivity index (χ1) is 17.7. The van der Waals surface area contributed by atoms with E-state index in [1.54, 1.807) is 14.2 Å². The molecular formula is C31H38N2O3. The van der Waals surface area contributed by atoms with Crippen LogP contribution >= 0.6 is 0 Å². The van der Waals surface area contributed by atoms with E-state index in [1.165, 1.54) is 42.0 Å². The Bertz CT molecular complexity index is 1200. The molecule has 2 aliphatic heterocycles. The number of fused-ring (bicyclic) bond motifs is 2. The van der Waals surface area contributed by atoms with Crippen molar-refractivity contribution in [2.45, 2.75) is 38.5 Å². The number of rotatable bonds is 7. The van der Waals surface area contributed by atoms with Crippen molar-refractivity contribution in [3.05, 3.63) is 71.3 Å². The largest absolute Gasteiger partial charge is 0.493 e. The number of nitrogens with zero attached hydrogens (tertiary/aromatic N) is 2. The SMILES string of the molecule is COc1cc2c(cc1OC)C(=O)N(CC1CCCCCN(CCc3cccc4ccccc34)C1)CC2. The highest BCUT2D eigenvalue weighted by molar-refractivity contribution is 5.97. The Balaban J connectivity index is 1.25. The van der Waals surface area contributed by atoms with Gasteiger partial charge in [0.25, 0.3) is 5.91 Å². The topological polar surface area (TPSA) is 42.0 Å². The standard InChI is InChI=1S/C31H38N2O3/c1-35-29-19-26-15-18-33(31(34)28(26)20-30(29)36-2)22-23-9-4-3-7-16-32(21-23)17-14-25-12-8-11-24-10-5-6-13-27(24)25/h5-6,8,10-13,19-20,23H,3-4,7,9,14-18,21-22H2,1-2H3. The molecule has 5 nitrogen and oxygen atoms in total. The molecule has 1 amide bonds. The van der Waals surface area contributed by atoms with Crippen LogP contribution < -0.4 is 9.47 Å². The number of carbonyl (C=O) groups excluding carboxylic acids is 1. The first-order valence-corrected chi connectivity index (χ1v) is 13.4. The number of hydrogen-bond donors (Lipinski definition) is 0. The van der Waals surface area contributed by atoms with Crippen LogP contribution in [0.2, 0.25) is 0 Å². The second-order valence-corrected chi connectivity index (χ2v) is 10.3. The fourth-order valence-electron chi connectivity index (χ4n) is 5.97. The molecule has 1 fully saturated rings. The summed E-state index contributed by atoms with van der Waals surface area (Å²) >= 11 is 0. The summed E-state index contributed by atoms with van der Waals surface area (Å²) in [5.41, 5.74) is 3.25. The summed E-state index contributed by atoms with van der Waals surface area (Å²) < 4.78 is 10.9. The van der Waals surface area contributed by atoms with Crippen LogP contribution in [-0.2, 0) is 12.8 Å². The predicted octanol–water partition coefficient (Wildman–Crippen LogP) is 5.59. The van der Waals surface area contributed by atoms with E-state index in [0.29, 0.717) is 17.4 Å². The van der Waals surface area contributed by atoms with Crippen LogP contribution in [0.5, 0.6) is 11.5 Å². The number of likely N-dealkylation sites (tertiary alicyclic amines) is 1. The molecule has 5 rings (SSSR count). The minimum absolute atomic E-state index is 0.126. The maximum Gasteiger partial charge on any atom is 0.254 e. The Kier molecular flexibility index (Phi) is 7.76. The van der Waals surface area contributed by atoms with Crippen LogP contribution in [0.1, 0.15) is 47.2 Å². The van der Waals surface area contributed by atoms with Crippen LogP contribution in [0.4, 0.5) is 0 Å². The number of amides is 1. The average molecular weight is 487 g/mol. The van der Waals surface area contributed by atoms with Crippen LogP contribution in [0, 0.1) is 5.92 Å². The van der Waals surface area contributed by atoms with E-state index >= 15 is 0 Å². The molecule has 0 spiro atoms. The van der Waals surface area contributed by atoms with Gasteiger partial charge in [-0.2, -0.15) is 0 Å². The lowest BCUT2D eigenvalue weighted by molar-refractivity contribution is 0.0680. The first-order valence-electron chi connectivity index (χ1n) is 13.4. The van der Waals surface area contributed by atoms with Crippen LogP contribution in [-0.4, -0.2) is 62.7 Å². The number of carbonyl (C=O) groups is 1. The molecule has 36 heavy (non-hydrogen) atoms. The molecule has 1 atom stereocenters. The highest BCUT2D eigenvalue weighted by atomic mass is 16.5. The third-order valence-corrected chi connectivity index (χ3v) is 7.94. The molecule has 0 radical (unpaired) electrons. The van der Waals surface area contributed by atoms with Gasteiger partial charge in [-0.3, -0.25) is 4.79 Å². The third-order valence-electron chi connectivity index (χ3n) is 7.94. The van der Waals surface area contributed by atoms with Gasteiger partial charge in [0.1, 0.15) is 0 Å². The molecule has 2 aliphatic rings.